The lowest BCUT2D eigenvalue weighted by Crippen LogP contribution is -2.26. The van der Waals surface area contributed by atoms with Gasteiger partial charge in [-0.15, -0.1) is 0 Å². The van der Waals surface area contributed by atoms with Gasteiger partial charge in [0.15, 0.2) is 0 Å². The Labute approximate surface area is 114 Å². The molecule has 0 aromatic heterocycles. The zero-order valence-corrected chi connectivity index (χ0v) is 12.0. The Morgan fingerprint density at radius 2 is 1.79 bits per heavy atom. The molecule has 0 aliphatic heterocycles. The maximum atomic E-state index is 11.7. The highest BCUT2D eigenvalue weighted by Gasteiger charge is 2.24. The number of ether oxygens (including phenoxy) is 1. The van der Waals surface area contributed by atoms with Crippen LogP contribution in [0.25, 0.3) is 0 Å². The van der Waals surface area contributed by atoms with Crippen molar-refractivity contribution in [1.29, 1.82) is 0 Å². The molecule has 0 amide bonds. The quantitative estimate of drug-likeness (QED) is 0.582. The van der Waals surface area contributed by atoms with Crippen LogP contribution in [0.15, 0.2) is 24.3 Å². The van der Waals surface area contributed by atoms with E-state index in [4.69, 9.17) is 4.74 Å². The summed E-state index contributed by atoms with van der Waals surface area (Å²) >= 11 is 0. The summed E-state index contributed by atoms with van der Waals surface area (Å²) in [6.45, 7) is 3.46. The maximum Gasteiger partial charge on any atom is 0.316 e. The Morgan fingerprint density at radius 1 is 1.21 bits per heavy atom. The lowest BCUT2D eigenvalue weighted by atomic mass is 9.96. The minimum atomic E-state index is -0.704. The molecule has 1 rings (SSSR count). The van der Waals surface area contributed by atoms with Crippen LogP contribution in [0.1, 0.15) is 19.4 Å². The van der Waals surface area contributed by atoms with Gasteiger partial charge >= 0.3 is 5.97 Å². The highest BCUT2D eigenvalue weighted by atomic mass is 16.5. The molecular weight excluding hydrogens is 242 g/mol. The predicted molar refractivity (Wildman–Crippen MR) is 75.3 cm³/mol. The standard InChI is InChI=1S/C15H21NO3/c1-5-19-15(18)14(11(2)17)10-12-6-8-13(9-7-12)16(3)4/h6-9,14H,5,10H2,1-4H3. The fourth-order valence-electron chi connectivity index (χ4n) is 1.80. The first kappa shape index (κ1) is 15.2. The van der Waals surface area contributed by atoms with Gasteiger partial charge < -0.3 is 9.64 Å². The van der Waals surface area contributed by atoms with E-state index in [1.54, 1.807) is 6.92 Å². The Hall–Kier alpha value is -1.84. The fraction of sp³-hybridized carbons (Fsp3) is 0.467. The third-order valence-electron chi connectivity index (χ3n) is 2.95. The molecule has 19 heavy (non-hydrogen) atoms. The number of benzene rings is 1. The first-order valence-electron chi connectivity index (χ1n) is 6.39. The van der Waals surface area contributed by atoms with Crippen molar-refractivity contribution < 1.29 is 14.3 Å². The number of anilines is 1. The van der Waals surface area contributed by atoms with Gasteiger partial charge in [0, 0.05) is 19.8 Å². The van der Waals surface area contributed by atoms with E-state index in [0.29, 0.717) is 13.0 Å². The van der Waals surface area contributed by atoms with E-state index in [0.717, 1.165) is 11.3 Å². The number of carbonyl (C=O) groups excluding carboxylic acids is 2. The lowest BCUT2D eigenvalue weighted by Gasteiger charge is -2.15. The predicted octanol–water partition coefficient (Wildman–Crippen LogP) is 2.06. The molecule has 0 aliphatic rings. The monoisotopic (exact) mass is 263 g/mol. The molecule has 0 N–H and O–H groups in total. The molecule has 0 heterocycles. The molecule has 0 saturated carbocycles. The highest BCUT2D eigenvalue weighted by Crippen LogP contribution is 2.16. The molecule has 0 fully saturated rings. The number of hydrogen-bond donors (Lipinski definition) is 0. The van der Waals surface area contributed by atoms with Gasteiger partial charge in [-0.1, -0.05) is 12.1 Å². The molecule has 1 atom stereocenters. The third-order valence-corrected chi connectivity index (χ3v) is 2.95. The maximum absolute atomic E-state index is 11.7. The van der Waals surface area contributed by atoms with Gasteiger partial charge in [0.05, 0.1) is 6.61 Å². The number of esters is 1. The molecule has 0 aliphatic carbocycles. The van der Waals surface area contributed by atoms with Crippen molar-refractivity contribution in [3.8, 4) is 0 Å². The van der Waals surface area contributed by atoms with Crippen LogP contribution in [0.2, 0.25) is 0 Å². The van der Waals surface area contributed by atoms with Gasteiger partial charge in [-0.3, -0.25) is 9.59 Å². The molecule has 0 radical (unpaired) electrons. The summed E-state index contributed by atoms with van der Waals surface area (Å²) in [7, 11) is 3.93. The second-order valence-electron chi connectivity index (χ2n) is 4.68. The minimum absolute atomic E-state index is 0.157. The van der Waals surface area contributed by atoms with Crippen LogP contribution >= 0.6 is 0 Å². The molecule has 4 heteroatoms. The summed E-state index contributed by atoms with van der Waals surface area (Å²) in [5, 5.41) is 0. The SMILES string of the molecule is CCOC(=O)C(Cc1ccc(N(C)C)cc1)C(C)=O. The van der Waals surface area contributed by atoms with E-state index in [1.165, 1.54) is 6.92 Å². The zero-order chi connectivity index (χ0) is 14.4. The van der Waals surface area contributed by atoms with Gasteiger partial charge in [0.1, 0.15) is 11.7 Å². The molecular formula is C15H21NO3. The van der Waals surface area contributed by atoms with E-state index in [2.05, 4.69) is 0 Å². The van der Waals surface area contributed by atoms with Crippen LogP contribution in [0.3, 0.4) is 0 Å². The largest absolute Gasteiger partial charge is 0.465 e. The molecule has 1 aromatic rings. The van der Waals surface area contributed by atoms with Crippen LogP contribution in [0.5, 0.6) is 0 Å². The molecule has 4 nitrogen and oxygen atoms in total. The Morgan fingerprint density at radius 3 is 2.21 bits per heavy atom. The second kappa shape index (κ2) is 6.92. The number of rotatable bonds is 6. The van der Waals surface area contributed by atoms with Crippen molar-refractivity contribution in [2.24, 2.45) is 5.92 Å². The van der Waals surface area contributed by atoms with Crippen molar-refractivity contribution in [3.63, 3.8) is 0 Å². The van der Waals surface area contributed by atoms with Crippen molar-refractivity contribution in [2.45, 2.75) is 20.3 Å². The Kier molecular flexibility index (Phi) is 5.55. The topological polar surface area (TPSA) is 46.6 Å². The summed E-state index contributed by atoms with van der Waals surface area (Å²) in [4.78, 5) is 25.2. The molecule has 104 valence electrons. The van der Waals surface area contributed by atoms with Crippen LogP contribution in [0, 0.1) is 5.92 Å². The average Bonchev–Trinajstić information content (AvgIpc) is 2.36. The normalized spacial score (nSPS) is 11.8. The summed E-state index contributed by atoms with van der Waals surface area (Å²) in [5.41, 5.74) is 2.04. The third kappa shape index (κ3) is 4.39. The molecule has 1 aromatic carbocycles. The Bertz CT molecular complexity index is 437. The lowest BCUT2D eigenvalue weighted by molar-refractivity contribution is -0.151. The van der Waals surface area contributed by atoms with Crippen LogP contribution in [-0.2, 0) is 20.7 Å². The van der Waals surface area contributed by atoms with Crippen molar-refractivity contribution in [1.82, 2.24) is 0 Å². The fourth-order valence-corrected chi connectivity index (χ4v) is 1.80. The van der Waals surface area contributed by atoms with E-state index in [-0.39, 0.29) is 5.78 Å². The zero-order valence-electron chi connectivity index (χ0n) is 12.0. The van der Waals surface area contributed by atoms with Crippen molar-refractivity contribution >= 4 is 17.4 Å². The van der Waals surface area contributed by atoms with Crippen LogP contribution in [-0.4, -0.2) is 32.5 Å². The molecule has 1 unspecified atom stereocenters. The molecule has 0 spiro atoms. The van der Waals surface area contributed by atoms with Gasteiger partial charge in [0.25, 0.3) is 0 Å². The van der Waals surface area contributed by atoms with Gasteiger partial charge in [0.2, 0.25) is 0 Å². The van der Waals surface area contributed by atoms with Crippen molar-refractivity contribution in [3.05, 3.63) is 29.8 Å². The summed E-state index contributed by atoms with van der Waals surface area (Å²) in [6, 6.07) is 7.81. The first-order chi connectivity index (χ1) is 8.95. The summed E-state index contributed by atoms with van der Waals surface area (Å²) in [6.07, 6.45) is 0.391. The summed E-state index contributed by atoms with van der Waals surface area (Å²) in [5.74, 6) is -1.30. The van der Waals surface area contributed by atoms with Crippen LogP contribution in [0.4, 0.5) is 5.69 Å². The number of Topliss-reactive ketones (excluding diaryl/α,β-unsaturated/α-hetero) is 1. The molecule has 0 bridgehead atoms. The average molecular weight is 263 g/mol. The highest BCUT2D eigenvalue weighted by molar-refractivity contribution is 5.98. The van der Waals surface area contributed by atoms with E-state index >= 15 is 0 Å². The smallest absolute Gasteiger partial charge is 0.316 e. The van der Waals surface area contributed by atoms with Crippen LogP contribution < -0.4 is 4.90 Å². The Balaban J connectivity index is 2.79. The van der Waals surface area contributed by atoms with Crippen molar-refractivity contribution in [2.75, 3.05) is 25.6 Å². The number of nitrogens with zero attached hydrogens (tertiary/aromatic N) is 1. The number of hydrogen-bond acceptors (Lipinski definition) is 4. The van der Waals surface area contributed by atoms with E-state index in [9.17, 15) is 9.59 Å². The first-order valence-corrected chi connectivity index (χ1v) is 6.39. The van der Waals surface area contributed by atoms with E-state index < -0.39 is 11.9 Å². The van der Waals surface area contributed by atoms with Gasteiger partial charge in [-0.05, 0) is 38.0 Å². The van der Waals surface area contributed by atoms with Gasteiger partial charge in [-0.25, -0.2) is 0 Å². The number of ketones is 1. The summed E-state index contributed by atoms with van der Waals surface area (Å²) < 4.78 is 4.93. The number of carbonyl (C=O) groups is 2. The minimum Gasteiger partial charge on any atom is -0.465 e. The van der Waals surface area contributed by atoms with Gasteiger partial charge in [-0.2, -0.15) is 0 Å². The second-order valence-corrected chi connectivity index (χ2v) is 4.68. The van der Waals surface area contributed by atoms with E-state index in [1.807, 2.05) is 43.3 Å². The molecule has 0 saturated heterocycles.